The molecule has 0 saturated carbocycles. The van der Waals surface area contributed by atoms with E-state index in [9.17, 15) is 14.7 Å². The zero-order valence-corrected chi connectivity index (χ0v) is 11.5. The molecule has 1 saturated heterocycles. The third kappa shape index (κ3) is 2.75. The van der Waals surface area contributed by atoms with Crippen LogP contribution < -0.4 is 4.90 Å². The number of benzene rings is 1. The maximum absolute atomic E-state index is 12.4. The fraction of sp³-hybridized carbons (Fsp3) is 0.429. The van der Waals surface area contributed by atoms with E-state index in [4.69, 9.17) is 5.11 Å². The lowest BCUT2D eigenvalue weighted by Gasteiger charge is -2.27. The molecule has 0 aromatic heterocycles. The van der Waals surface area contributed by atoms with Gasteiger partial charge in [-0.2, -0.15) is 0 Å². The number of carbonyl (C=O) groups excluding carboxylic acids is 1. The number of amides is 2. The second-order valence-electron chi connectivity index (χ2n) is 5.07. The second kappa shape index (κ2) is 5.50. The second-order valence-corrected chi connectivity index (χ2v) is 5.07. The van der Waals surface area contributed by atoms with Crippen molar-refractivity contribution in [1.82, 2.24) is 4.90 Å². The molecule has 0 radical (unpaired) electrons. The van der Waals surface area contributed by atoms with E-state index < -0.39 is 24.1 Å². The van der Waals surface area contributed by atoms with Crippen molar-refractivity contribution in [3.05, 3.63) is 29.8 Å². The van der Waals surface area contributed by atoms with Crippen LogP contribution >= 0.6 is 0 Å². The first-order valence-electron chi connectivity index (χ1n) is 6.42. The van der Waals surface area contributed by atoms with Crippen molar-refractivity contribution in [2.45, 2.75) is 25.5 Å². The van der Waals surface area contributed by atoms with E-state index in [1.807, 2.05) is 19.1 Å². The van der Waals surface area contributed by atoms with Crippen LogP contribution in [0, 0.1) is 6.92 Å². The molecule has 2 amide bonds. The molecule has 0 unspecified atom stereocenters. The molecule has 1 aliphatic heterocycles. The number of β-amino-alcohol motifs (C(OH)–C–C–N with tert-alkyl or cyclic N) is 1. The van der Waals surface area contributed by atoms with E-state index in [2.05, 4.69) is 0 Å². The van der Waals surface area contributed by atoms with Crippen LogP contribution in [-0.2, 0) is 4.79 Å². The van der Waals surface area contributed by atoms with Gasteiger partial charge in [0.2, 0.25) is 0 Å². The highest BCUT2D eigenvalue weighted by Gasteiger charge is 2.40. The Bertz CT molecular complexity index is 514. The molecule has 0 spiro atoms. The largest absolute Gasteiger partial charge is 0.480 e. The first-order chi connectivity index (χ1) is 9.40. The van der Waals surface area contributed by atoms with Crippen LogP contribution in [0.4, 0.5) is 10.5 Å². The van der Waals surface area contributed by atoms with E-state index in [0.717, 1.165) is 5.56 Å². The van der Waals surface area contributed by atoms with Gasteiger partial charge in [-0.3, -0.25) is 4.90 Å². The summed E-state index contributed by atoms with van der Waals surface area (Å²) in [5, 5.41) is 18.7. The van der Waals surface area contributed by atoms with Gasteiger partial charge in [0.05, 0.1) is 6.10 Å². The Balaban J connectivity index is 2.17. The van der Waals surface area contributed by atoms with Crippen LogP contribution in [0.1, 0.15) is 12.0 Å². The fourth-order valence-electron chi connectivity index (χ4n) is 2.33. The number of nitrogens with zero attached hydrogens (tertiary/aromatic N) is 2. The Morgan fingerprint density at radius 3 is 2.45 bits per heavy atom. The molecule has 6 heteroatoms. The highest BCUT2D eigenvalue weighted by atomic mass is 16.4. The van der Waals surface area contributed by atoms with Gasteiger partial charge in [-0.25, -0.2) is 9.59 Å². The number of aliphatic carboxylic acids is 1. The molecule has 2 atom stereocenters. The monoisotopic (exact) mass is 278 g/mol. The quantitative estimate of drug-likeness (QED) is 0.848. The molecule has 0 bridgehead atoms. The summed E-state index contributed by atoms with van der Waals surface area (Å²) < 4.78 is 0. The Morgan fingerprint density at radius 2 is 1.90 bits per heavy atom. The van der Waals surface area contributed by atoms with Crippen LogP contribution in [-0.4, -0.2) is 52.9 Å². The number of aliphatic hydroxyl groups is 1. The minimum atomic E-state index is -1.09. The number of hydrogen-bond donors (Lipinski definition) is 2. The number of carboxylic acid groups (broad SMARTS) is 1. The van der Waals surface area contributed by atoms with Crippen molar-refractivity contribution in [3.63, 3.8) is 0 Å². The van der Waals surface area contributed by atoms with Gasteiger partial charge in [0.1, 0.15) is 6.04 Å². The van der Waals surface area contributed by atoms with Gasteiger partial charge in [0, 0.05) is 25.7 Å². The first kappa shape index (κ1) is 14.3. The molecule has 0 aliphatic carbocycles. The van der Waals surface area contributed by atoms with Crippen molar-refractivity contribution < 1.29 is 19.8 Å². The molecule has 1 aromatic rings. The zero-order chi connectivity index (χ0) is 14.9. The summed E-state index contributed by atoms with van der Waals surface area (Å²) in [6.45, 7) is 1.99. The van der Waals surface area contributed by atoms with Gasteiger partial charge in [-0.05, 0) is 19.1 Å². The van der Waals surface area contributed by atoms with E-state index in [1.54, 1.807) is 19.2 Å². The molecule has 1 fully saturated rings. The lowest BCUT2D eigenvalue weighted by atomic mass is 10.2. The fourth-order valence-corrected chi connectivity index (χ4v) is 2.33. The lowest BCUT2D eigenvalue weighted by molar-refractivity contribution is -0.141. The summed E-state index contributed by atoms with van der Waals surface area (Å²) in [5.74, 6) is -1.09. The number of rotatable bonds is 2. The van der Waals surface area contributed by atoms with E-state index in [1.165, 1.54) is 9.80 Å². The van der Waals surface area contributed by atoms with Crippen molar-refractivity contribution in [3.8, 4) is 0 Å². The van der Waals surface area contributed by atoms with Crippen LogP contribution in [0.15, 0.2) is 24.3 Å². The molecule has 1 heterocycles. The molecule has 108 valence electrons. The number of aryl methyl sites for hydroxylation is 1. The van der Waals surface area contributed by atoms with Crippen LogP contribution in [0.25, 0.3) is 0 Å². The number of carbonyl (C=O) groups is 2. The molecule has 20 heavy (non-hydrogen) atoms. The highest BCUT2D eigenvalue weighted by molar-refractivity contribution is 5.94. The number of urea groups is 1. The Labute approximate surface area is 117 Å². The van der Waals surface area contributed by atoms with Gasteiger partial charge in [0.25, 0.3) is 0 Å². The average molecular weight is 278 g/mol. The summed E-state index contributed by atoms with van der Waals surface area (Å²) >= 11 is 0. The van der Waals surface area contributed by atoms with Gasteiger partial charge < -0.3 is 15.1 Å². The highest BCUT2D eigenvalue weighted by Crippen LogP contribution is 2.22. The molecule has 2 rings (SSSR count). The first-order valence-corrected chi connectivity index (χ1v) is 6.42. The predicted octanol–water partition coefficient (Wildman–Crippen LogP) is 1.07. The summed E-state index contributed by atoms with van der Waals surface area (Å²) in [6.07, 6.45) is -0.713. The molecular formula is C14H18N2O4. The minimum absolute atomic E-state index is 0.0476. The number of carboxylic acids is 1. The Kier molecular flexibility index (Phi) is 3.94. The van der Waals surface area contributed by atoms with Crippen LogP contribution in [0.3, 0.4) is 0 Å². The SMILES string of the molecule is Cc1ccc(N(C)C(=O)N2C[C@@H](O)C[C@H]2C(=O)O)cc1. The van der Waals surface area contributed by atoms with E-state index in [0.29, 0.717) is 5.69 Å². The van der Waals surface area contributed by atoms with Gasteiger partial charge in [-0.15, -0.1) is 0 Å². The third-order valence-electron chi connectivity index (χ3n) is 3.52. The summed E-state index contributed by atoms with van der Waals surface area (Å²) in [6, 6.07) is 5.98. The number of aliphatic hydroxyl groups excluding tert-OH is 1. The van der Waals surface area contributed by atoms with Crippen molar-refractivity contribution >= 4 is 17.7 Å². The molecular weight excluding hydrogens is 260 g/mol. The van der Waals surface area contributed by atoms with Crippen molar-refractivity contribution in [2.75, 3.05) is 18.5 Å². The standard InChI is InChI=1S/C14H18N2O4/c1-9-3-5-10(6-4-9)15(2)14(20)16-8-11(17)7-12(16)13(18)19/h3-6,11-12,17H,7-8H2,1-2H3,(H,18,19)/t11-,12-/m0/s1. The Morgan fingerprint density at radius 1 is 1.30 bits per heavy atom. The topological polar surface area (TPSA) is 81.1 Å². The molecule has 1 aromatic carbocycles. The smallest absolute Gasteiger partial charge is 0.326 e. The van der Waals surface area contributed by atoms with E-state index >= 15 is 0 Å². The molecule has 2 N–H and O–H groups in total. The Hall–Kier alpha value is -2.08. The predicted molar refractivity (Wildman–Crippen MR) is 73.7 cm³/mol. The van der Waals surface area contributed by atoms with Gasteiger partial charge >= 0.3 is 12.0 Å². The zero-order valence-electron chi connectivity index (χ0n) is 11.5. The van der Waals surface area contributed by atoms with Crippen molar-refractivity contribution in [2.24, 2.45) is 0 Å². The molecule has 1 aliphatic rings. The summed E-state index contributed by atoms with van der Waals surface area (Å²) in [4.78, 5) is 26.1. The van der Waals surface area contributed by atoms with Crippen LogP contribution in [0.2, 0.25) is 0 Å². The number of anilines is 1. The normalized spacial score (nSPS) is 21.9. The van der Waals surface area contributed by atoms with Crippen molar-refractivity contribution in [1.29, 1.82) is 0 Å². The van der Waals surface area contributed by atoms with Gasteiger partial charge in [-0.1, -0.05) is 17.7 Å². The minimum Gasteiger partial charge on any atom is -0.480 e. The third-order valence-corrected chi connectivity index (χ3v) is 3.52. The average Bonchev–Trinajstić information content (AvgIpc) is 2.80. The number of hydrogen-bond acceptors (Lipinski definition) is 3. The van der Waals surface area contributed by atoms with E-state index in [-0.39, 0.29) is 13.0 Å². The lowest BCUT2D eigenvalue weighted by Crippen LogP contribution is -2.47. The summed E-state index contributed by atoms with van der Waals surface area (Å²) in [5.41, 5.74) is 1.76. The molecule has 6 nitrogen and oxygen atoms in total. The maximum Gasteiger partial charge on any atom is 0.326 e. The van der Waals surface area contributed by atoms with Crippen LogP contribution in [0.5, 0.6) is 0 Å². The summed E-state index contributed by atoms with van der Waals surface area (Å²) in [7, 11) is 1.59. The van der Waals surface area contributed by atoms with Gasteiger partial charge in [0.15, 0.2) is 0 Å². The number of likely N-dealkylation sites (tertiary alicyclic amines) is 1. The maximum atomic E-state index is 12.4.